The number of para-hydroxylation sites is 1. The quantitative estimate of drug-likeness (QED) is 0.248. The van der Waals surface area contributed by atoms with Gasteiger partial charge in [0.15, 0.2) is 0 Å². The van der Waals surface area contributed by atoms with Crippen LogP contribution in [0.3, 0.4) is 0 Å². The first-order chi connectivity index (χ1) is 17.5. The second-order valence-corrected chi connectivity index (χ2v) is 8.77. The zero-order chi connectivity index (χ0) is 25.5. The molecule has 1 aliphatic rings. The number of hydrogen-bond donors (Lipinski definition) is 3. The van der Waals surface area contributed by atoms with Crippen LogP contribution < -0.4 is 10.6 Å². The number of benzene rings is 3. The summed E-state index contributed by atoms with van der Waals surface area (Å²) in [7, 11) is 1.96. The molecular formula is C28H30BN5O2. The highest BCUT2D eigenvalue weighted by Crippen LogP contribution is 2.26. The van der Waals surface area contributed by atoms with Crippen LogP contribution in [-0.2, 0) is 0 Å². The Bertz CT molecular complexity index is 1380. The highest BCUT2D eigenvalue weighted by atomic mass is 16.3. The molecule has 4 rings (SSSR count). The third-order valence-corrected chi connectivity index (χ3v) is 5.90. The number of allylic oxidation sites excluding steroid dienone is 2. The highest BCUT2D eigenvalue weighted by Gasteiger charge is 2.22. The summed E-state index contributed by atoms with van der Waals surface area (Å²) in [6, 6.07) is 20.9. The van der Waals surface area contributed by atoms with E-state index in [1.165, 1.54) is 0 Å². The summed E-state index contributed by atoms with van der Waals surface area (Å²) in [5.74, 6) is 1.50. The van der Waals surface area contributed by atoms with Crippen LogP contribution in [0, 0.1) is 0 Å². The molecule has 0 spiro atoms. The molecular weight excluding hydrogens is 449 g/mol. The lowest BCUT2D eigenvalue weighted by Crippen LogP contribution is -2.32. The molecule has 0 aromatic heterocycles. The van der Waals surface area contributed by atoms with Crippen LogP contribution >= 0.6 is 0 Å². The van der Waals surface area contributed by atoms with E-state index in [4.69, 9.17) is 4.99 Å². The Labute approximate surface area is 212 Å². The predicted molar refractivity (Wildman–Crippen MR) is 149 cm³/mol. The number of amides is 1. The van der Waals surface area contributed by atoms with Crippen molar-refractivity contribution in [2.75, 3.05) is 13.1 Å². The topological polar surface area (TPSA) is 89.3 Å². The third-order valence-electron chi connectivity index (χ3n) is 5.90. The zero-order valence-corrected chi connectivity index (χ0v) is 20.7. The Balaban J connectivity index is 1.33. The Morgan fingerprint density at radius 2 is 1.78 bits per heavy atom. The van der Waals surface area contributed by atoms with E-state index in [9.17, 15) is 9.90 Å². The van der Waals surface area contributed by atoms with E-state index in [1.54, 1.807) is 17.1 Å². The molecule has 36 heavy (non-hydrogen) atoms. The molecule has 0 aliphatic carbocycles. The van der Waals surface area contributed by atoms with Crippen molar-refractivity contribution >= 4 is 37.0 Å². The van der Waals surface area contributed by atoms with Gasteiger partial charge < -0.3 is 15.7 Å². The number of fused-ring (bicyclic) bond motifs is 1. The Hall–Kier alpha value is -4.33. The number of rotatable bonds is 9. The van der Waals surface area contributed by atoms with Gasteiger partial charge in [-0.05, 0) is 54.8 Å². The first kappa shape index (κ1) is 24.8. The number of carbonyl (C=O) groups is 1. The molecule has 1 amide bonds. The summed E-state index contributed by atoms with van der Waals surface area (Å²) in [4.78, 5) is 17.3. The van der Waals surface area contributed by atoms with Gasteiger partial charge in [-0.25, -0.2) is 10.0 Å². The second-order valence-electron chi connectivity index (χ2n) is 8.77. The summed E-state index contributed by atoms with van der Waals surface area (Å²) < 4.78 is 0. The minimum absolute atomic E-state index is 0.0672. The molecule has 3 aromatic carbocycles. The first-order valence-electron chi connectivity index (χ1n) is 12.0. The van der Waals surface area contributed by atoms with E-state index >= 15 is 0 Å². The van der Waals surface area contributed by atoms with Gasteiger partial charge in [0, 0.05) is 37.0 Å². The van der Waals surface area contributed by atoms with Crippen molar-refractivity contribution in [3.63, 3.8) is 0 Å². The third kappa shape index (κ3) is 5.66. The maximum Gasteiger partial charge on any atom is 0.251 e. The average Bonchev–Trinajstić information content (AvgIpc) is 2.89. The molecule has 1 heterocycles. The lowest BCUT2D eigenvalue weighted by atomic mass is 9.97. The number of carbonyl (C=O) groups excluding carboxylic acids is 1. The van der Waals surface area contributed by atoms with Crippen molar-refractivity contribution in [2.45, 2.75) is 19.8 Å². The molecule has 0 unspecified atom stereocenters. The first-order valence-corrected chi connectivity index (χ1v) is 12.0. The number of aromatic hydroxyl groups is 1. The van der Waals surface area contributed by atoms with Crippen molar-refractivity contribution in [3.05, 3.63) is 101 Å². The van der Waals surface area contributed by atoms with Gasteiger partial charge in [0.05, 0.1) is 5.71 Å². The maximum absolute atomic E-state index is 12.5. The molecule has 3 aromatic rings. The monoisotopic (exact) mass is 479 g/mol. The van der Waals surface area contributed by atoms with Crippen molar-refractivity contribution in [1.29, 1.82) is 0 Å². The van der Waals surface area contributed by atoms with E-state index in [0.29, 0.717) is 35.7 Å². The number of aliphatic imine (C=N–C) groups is 1. The molecule has 8 heteroatoms. The standard InChI is InChI=1S/C28H30BN5O2/c1-19(29)27-33-24(23-11-5-6-12-25(23)35)18-26(34(27)30-2)31-15-7-8-16-32-28(36)22-14-13-20-9-3-4-10-21(20)17-22/h3-6,9-14,17-18,31,35H,2,7-8,15-16,29H2,1H3,(H,32,36)/b27-19+. The van der Waals surface area contributed by atoms with E-state index in [-0.39, 0.29) is 11.7 Å². The van der Waals surface area contributed by atoms with Gasteiger partial charge >= 0.3 is 0 Å². The van der Waals surface area contributed by atoms with Crippen LogP contribution in [0.15, 0.2) is 100 Å². The average molecular weight is 479 g/mol. The number of hydrazone groups is 1. The molecule has 0 saturated carbocycles. The summed E-state index contributed by atoms with van der Waals surface area (Å²) in [5, 5.41) is 24.7. The van der Waals surface area contributed by atoms with E-state index < -0.39 is 0 Å². The maximum atomic E-state index is 12.5. The second kappa shape index (κ2) is 11.4. The molecule has 1 aliphatic heterocycles. The Kier molecular flexibility index (Phi) is 7.85. The fourth-order valence-corrected chi connectivity index (χ4v) is 4.02. The minimum atomic E-state index is -0.0672. The van der Waals surface area contributed by atoms with Crippen molar-refractivity contribution in [3.8, 4) is 5.75 Å². The molecule has 7 nitrogen and oxygen atoms in total. The van der Waals surface area contributed by atoms with Crippen LogP contribution in [0.4, 0.5) is 0 Å². The SMILES string of the molecule is B/C(C)=C1\N=C(c2ccccc2O)C=C(NCCCCNC(=O)c2ccc3ccccc3c2)N1N=C. The number of phenolic OH excluding ortho intramolecular Hbond substituents is 1. The van der Waals surface area contributed by atoms with Crippen LogP contribution in [-0.4, -0.2) is 49.4 Å². The molecule has 0 bridgehead atoms. The van der Waals surface area contributed by atoms with Crippen LogP contribution in [0.1, 0.15) is 35.7 Å². The molecule has 0 radical (unpaired) electrons. The minimum Gasteiger partial charge on any atom is -0.507 e. The smallest absolute Gasteiger partial charge is 0.251 e. The molecule has 0 atom stereocenters. The van der Waals surface area contributed by atoms with Crippen LogP contribution in [0.5, 0.6) is 5.75 Å². The van der Waals surface area contributed by atoms with Crippen molar-refractivity contribution < 1.29 is 9.90 Å². The lowest BCUT2D eigenvalue weighted by Gasteiger charge is -2.28. The summed E-state index contributed by atoms with van der Waals surface area (Å²) >= 11 is 0. The number of nitrogens with one attached hydrogen (secondary N) is 2. The molecule has 0 fully saturated rings. The van der Waals surface area contributed by atoms with Crippen LogP contribution in [0.2, 0.25) is 0 Å². The van der Waals surface area contributed by atoms with Gasteiger partial charge in [-0.15, -0.1) is 0 Å². The van der Waals surface area contributed by atoms with Crippen molar-refractivity contribution in [1.82, 2.24) is 15.6 Å². The van der Waals surface area contributed by atoms with Gasteiger partial charge in [0.1, 0.15) is 25.2 Å². The van der Waals surface area contributed by atoms with Crippen molar-refractivity contribution in [2.24, 2.45) is 10.1 Å². The van der Waals surface area contributed by atoms with Crippen LogP contribution in [0.25, 0.3) is 10.8 Å². The van der Waals surface area contributed by atoms with Gasteiger partial charge in [-0.1, -0.05) is 47.9 Å². The van der Waals surface area contributed by atoms with Gasteiger partial charge in [-0.3, -0.25) is 4.79 Å². The predicted octanol–water partition coefficient (Wildman–Crippen LogP) is 3.73. The van der Waals surface area contributed by atoms with Gasteiger partial charge in [-0.2, -0.15) is 5.10 Å². The summed E-state index contributed by atoms with van der Waals surface area (Å²) in [6.07, 6.45) is 3.52. The number of hydrogen-bond acceptors (Lipinski definition) is 6. The fourth-order valence-electron chi connectivity index (χ4n) is 4.02. The molecule has 0 saturated heterocycles. The largest absolute Gasteiger partial charge is 0.507 e. The highest BCUT2D eigenvalue weighted by molar-refractivity contribution is 6.22. The normalized spacial score (nSPS) is 14.6. The lowest BCUT2D eigenvalue weighted by molar-refractivity contribution is 0.0953. The molecule has 182 valence electrons. The van der Waals surface area contributed by atoms with E-state index in [0.717, 1.165) is 34.9 Å². The zero-order valence-electron chi connectivity index (χ0n) is 20.7. The van der Waals surface area contributed by atoms with Gasteiger partial charge in [0.25, 0.3) is 5.91 Å². The number of phenols is 1. The number of nitrogens with zero attached hydrogens (tertiary/aromatic N) is 3. The van der Waals surface area contributed by atoms with E-state index in [2.05, 4.69) is 22.5 Å². The molecule has 3 N–H and O–H groups in total. The fraction of sp³-hybridized carbons (Fsp3) is 0.179. The van der Waals surface area contributed by atoms with Gasteiger partial charge in [0.2, 0.25) is 0 Å². The van der Waals surface area contributed by atoms with E-state index in [1.807, 2.05) is 75.4 Å². The number of unbranched alkanes of at least 4 members (excludes halogenated alkanes) is 1. The summed E-state index contributed by atoms with van der Waals surface area (Å²) in [6.45, 7) is 6.92. The Morgan fingerprint density at radius 3 is 2.53 bits per heavy atom. The summed E-state index contributed by atoms with van der Waals surface area (Å²) in [5.41, 5.74) is 2.93. The Morgan fingerprint density at radius 1 is 1.06 bits per heavy atom.